The summed E-state index contributed by atoms with van der Waals surface area (Å²) in [4.78, 5) is 0. The van der Waals surface area contributed by atoms with Crippen molar-refractivity contribution in [3.05, 3.63) is 24.0 Å². The number of para-hydroxylation sites is 1. The van der Waals surface area contributed by atoms with Gasteiger partial charge in [0.2, 0.25) is 0 Å². The highest BCUT2D eigenvalue weighted by Crippen LogP contribution is 2.36. The normalized spacial score (nSPS) is 18.6. The van der Waals surface area contributed by atoms with Gasteiger partial charge in [-0.05, 0) is 25.0 Å². The molecule has 100 valence electrons. The van der Waals surface area contributed by atoms with E-state index in [0.717, 1.165) is 25.7 Å². The van der Waals surface area contributed by atoms with Crippen LogP contribution >= 0.6 is 0 Å². The van der Waals surface area contributed by atoms with Gasteiger partial charge in [-0.25, -0.2) is 4.39 Å². The van der Waals surface area contributed by atoms with Crippen LogP contribution in [0.5, 0.6) is 0 Å². The predicted molar refractivity (Wildman–Crippen MR) is 71.9 cm³/mol. The molecule has 18 heavy (non-hydrogen) atoms. The molecule has 2 rings (SSSR count). The van der Waals surface area contributed by atoms with Gasteiger partial charge in [0.05, 0.1) is 18.0 Å². The Bertz CT molecular complexity index is 403. The third-order valence-electron chi connectivity index (χ3n) is 3.96. The van der Waals surface area contributed by atoms with E-state index in [4.69, 9.17) is 5.73 Å². The average Bonchev–Trinajstić information content (AvgIpc) is 2.41. The standard InChI is InChI=1S/C14H21FN2O/c15-11-5-4-6-12(13(11)16)17-9-14(10-18)7-2-1-3-8-14/h4-6,17-18H,1-3,7-10,16H2. The van der Waals surface area contributed by atoms with E-state index in [1.807, 2.05) is 0 Å². The van der Waals surface area contributed by atoms with Gasteiger partial charge in [0.25, 0.3) is 0 Å². The van der Waals surface area contributed by atoms with Crippen molar-refractivity contribution < 1.29 is 9.50 Å². The van der Waals surface area contributed by atoms with E-state index in [2.05, 4.69) is 5.32 Å². The molecule has 1 fully saturated rings. The molecule has 0 spiro atoms. The molecule has 1 aromatic rings. The van der Waals surface area contributed by atoms with Crippen molar-refractivity contribution in [1.82, 2.24) is 0 Å². The van der Waals surface area contributed by atoms with Crippen LogP contribution in [0.2, 0.25) is 0 Å². The molecule has 1 aromatic carbocycles. The van der Waals surface area contributed by atoms with E-state index >= 15 is 0 Å². The van der Waals surface area contributed by atoms with Crippen LogP contribution in [0.4, 0.5) is 15.8 Å². The van der Waals surface area contributed by atoms with Gasteiger partial charge >= 0.3 is 0 Å². The van der Waals surface area contributed by atoms with Gasteiger partial charge in [-0.2, -0.15) is 0 Å². The number of rotatable bonds is 4. The Morgan fingerprint density at radius 2 is 2.00 bits per heavy atom. The van der Waals surface area contributed by atoms with Gasteiger partial charge in [-0.1, -0.05) is 25.3 Å². The lowest BCUT2D eigenvalue weighted by Crippen LogP contribution is -2.35. The van der Waals surface area contributed by atoms with Gasteiger partial charge in [0.15, 0.2) is 0 Å². The molecule has 1 saturated carbocycles. The first-order valence-corrected chi connectivity index (χ1v) is 6.56. The third-order valence-corrected chi connectivity index (χ3v) is 3.96. The second-order valence-corrected chi connectivity index (χ2v) is 5.27. The van der Waals surface area contributed by atoms with Gasteiger partial charge < -0.3 is 16.2 Å². The van der Waals surface area contributed by atoms with Gasteiger partial charge in [0, 0.05) is 12.0 Å². The molecule has 0 saturated heterocycles. The maximum absolute atomic E-state index is 13.3. The second kappa shape index (κ2) is 5.57. The third kappa shape index (κ3) is 2.75. The van der Waals surface area contributed by atoms with Crippen LogP contribution in [-0.2, 0) is 0 Å². The van der Waals surface area contributed by atoms with E-state index in [0.29, 0.717) is 12.2 Å². The smallest absolute Gasteiger partial charge is 0.148 e. The topological polar surface area (TPSA) is 58.3 Å². The summed E-state index contributed by atoms with van der Waals surface area (Å²) in [5.74, 6) is -0.401. The molecule has 0 heterocycles. The zero-order valence-corrected chi connectivity index (χ0v) is 10.6. The zero-order valence-electron chi connectivity index (χ0n) is 10.6. The summed E-state index contributed by atoms with van der Waals surface area (Å²) in [5, 5.41) is 12.8. The highest BCUT2D eigenvalue weighted by Gasteiger charge is 2.31. The molecule has 0 unspecified atom stereocenters. The summed E-state index contributed by atoms with van der Waals surface area (Å²) in [6.45, 7) is 0.826. The van der Waals surface area contributed by atoms with Crippen molar-refractivity contribution in [3.63, 3.8) is 0 Å². The predicted octanol–water partition coefficient (Wildman–Crippen LogP) is 2.76. The van der Waals surface area contributed by atoms with E-state index in [9.17, 15) is 9.50 Å². The minimum absolute atomic E-state index is 0.0724. The van der Waals surface area contributed by atoms with Crippen molar-refractivity contribution in [1.29, 1.82) is 0 Å². The molecule has 0 amide bonds. The van der Waals surface area contributed by atoms with Gasteiger partial charge in [-0.3, -0.25) is 0 Å². The lowest BCUT2D eigenvalue weighted by atomic mass is 9.74. The largest absolute Gasteiger partial charge is 0.396 e. The summed E-state index contributed by atoms with van der Waals surface area (Å²) < 4.78 is 13.3. The number of benzene rings is 1. The molecule has 0 radical (unpaired) electrons. The number of hydrogen-bond acceptors (Lipinski definition) is 3. The van der Waals surface area contributed by atoms with Gasteiger partial charge in [-0.15, -0.1) is 0 Å². The number of halogens is 1. The average molecular weight is 252 g/mol. The lowest BCUT2D eigenvalue weighted by molar-refractivity contribution is 0.0944. The van der Waals surface area contributed by atoms with Crippen molar-refractivity contribution >= 4 is 11.4 Å². The Morgan fingerprint density at radius 1 is 1.28 bits per heavy atom. The first kappa shape index (κ1) is 13.1. The number of aliphatic hydroxyl groups excluding tert-OH is 1. The Morgan fingerprint density at radius 3 is 2.67 bits per heavy atom. The Balaban J connectivity index is 2.03. The molecule has 1 aliphatic carbocycles. The first-order chi connectivity index (χ1) is 8.67. The molecule has 0 bridgehead atoms. The molecule has 4 N–H and O–H groups in total. The maximum atomic E-state index is 13.3. The van der Waals surface area contributed by atoms with Crippen LogP contribution in [0.25, 0.3) is 0 Å². The second-order valence-electron chi connectivity index (χ2n) is 5.27. The maximum Gasteiger partial charge on any atom is 0.148 e. The number of nitrogens with two attached hydrogens (primary N) is 1. The molecule has 0 aliphatic heterocycles. The van der Waals surface area contributed by atoms with E-state index in [-0.39, 0.29) is 17.7 Å². The van der Waals surface area contributed by atoms with Crippen molar-refractivity contribution in [2.24, 2.45) is 5.41 Å². The van der Waals surface area contributed by atoms with E-state index < -0.39 is 5.82 Å². The van der Waals surface area contributed by atoms with Crippen LogP contribution in [0.1, 0.15) is 32.1 Å². The Labute approximate surface area is 107 Å². The Hall–Kier alpha value is -1.29. The van der Waals surface area contributed by atoms with Crippen LogP contribution < -0.4 is 11.1 Å². The molecule has 0 atom stereocenters. The summed E-state index contributed by atoms with van der Waals surface area (Å²) >= 11 is 0. The number of anilines is 2. The van der Waals surface area contributed by atoms with Crippen LogP contribution in [0.3, 0.4) is 0 Å². The van der Waals surface area contributed by atoms with Crippen LogP contribution in [-0.4, -0.2) is 18.3 Å². The van der Waals surface area contributed by atoms with Crippen molar-refractivity contribution in [3.8, 4) is 0 Å². The Kier molecular flexibility index (Phi) is 4.07. The highest BCUT2D eigenvalue weighted by molar-refractivity contribution is 5.66. The fourth-order valence-corrected chi connectivity index (χ4v) is 2.67. The first-order valence-electron chi connectivity index (χ1n) is 6.56. The van der Waals surface area contributed by atoms with E-state index in [1.165, 1.54) is 12.5 Å². The van der Waals surface area contributed by atoms with E-state index in [1.54, 1.807) is 12.1 Å². The highest BCUT2D eigenvalue weighted by atomic mass is 19.1. The number of hydrogen-bond donors (Lipinski definition) is 3. The quantitative estimate of drug-likeness (QED) is 0.722. The zero-order chi connectivity index (χ0) is 13.0. The summed E-state index contributed by atoms with van der Waals surface area (Å²) in [6.07, 6.45) is 5.59. The fourth-order valence-electron chi connectivity index (χ4n) is 2.67. The molecule has 1 aliphatic rings. The number of aliphatic hydroxyl groups is 1. The molecular formula is C14H21FN2O. The van der Waals surface area contributed by atoms with Crippen LogP contribution in [0, 0.1) is 11.2 Å². The summed E-state index contributed by atoms with van der Waals surface area (Å²) in [5.41, 5.74) is 6.38. The lowest BCUT2D eigenvalue weighted by Gasteiger charge is -2.36. The minimum atomic E-state index is -0.401. The van der Waals surface area contributed by atoms with Gasteiger partial charge in [0.1, 0.15) is 5.82 Å². The SMILES string of the molecule is Nc1c(F)cccc1NCC1(CO)CCCCC1. The summed E-state index contributed by atoms with van der Waals surface area (Å²) in [6, 6.07) is 4.76. The summed E-state index contributed by atoms with van der Waals surface area (Å²) in [7, 11) is 0. The van der Waals surface area contributed by atoms with Crippen molar-refractivity contribution in [2.45, 2.75) is 32.1 Å². The minimum Gasteiger partial charge on any atom is -0.396 e. The molecular weight excluding hydrogens is 231 g/mol. The number of nitrogens with one attached hydrogen (secondary N) is 1. The van der Waals surface area contributed by atoms with Crippen molar-refractivity contribution in [2.75, 3.05) is 24.2 Å². The number of nitrogen functional groups attached to an aromatic ring is 1. The monoisotopic (exact) mass is 252 g/mol. The fraction of sp³-hybridized carbons (Fsp3) is 0.571. The molecule has 0 aromatic heterocycles. The molecule has 3 nitrogen and oxygen atoms in total. The van der Waals surface area contributed by atoms with Crippen LogP contribution in [0.15, 0.2) is 18.2 Å². The molecule has 4 heteroatoms.